The van der Waals surface area contributed by atoms with Gasteiger partial charge in [0, 0.05) is 5.97 Å². The molecule has 6 nitrogen and oxygen atoms in total. The molecule has 0 aromatic carbocycles. The second kappa shape index (κ2) is 4.46. The van der Waals surface area contributed by atoms with Crippen LogP contribution in [-0.4, -0.2) is 20.6 Å². The number of hydrogen-bond acceptors (Lipinski definition) is 3. The summed E-state index contributed by atoms with van der Waals surface area (Å²) in [5.41, 5.74) is 0. The van der Waals surface area contributed by atoms with E-state index >= 15 is 0 Å². The van der Waals surface area contributed by atoms with Gasteiger partial charge in [-0.25, -0.2) is 4.57 Å². The number of carbonyl (C=O) groups excluding carboxylic acids is 1. The van der Waals surface area contributed by atoms with Gasteiger partial charge in [-0.3, -0.25) is 0 Å². The number of aliphatic carboxylic acids is 1. The molecule has 0 radical (unpaired) electrons. The van der Waals surface area contributed by atoms with E-state index in [0.717, 1.165) is 6.92 Å². The Balaban J connectivity index is 0. The minimum atomic E-state index is -4.64. The molecule has 0 amide bonds. The standard InChI is InChI=1S/C2H4O2.H3O4P/c1-2(3)4;1-5(2,3)4/h1H3,(H,3,4);(H3,1,2,3,4)/p-1. The molecule has 0 heterocycles. The lowest BCUT2D eigenvalue weighted by Crippen LogP contribution is -2.16. The third kappa shape index (κ3) is 1340. The average molecular weight is 157 g/mol. The third-order valence-electron chi connectivity index (χ3n) is 0. The Morgan fingerprint density at radius 1 is 1.44 bits per heavy atom. The Morgan fingerprint density at radius 2 is 1.44 bits per heavy atom. The Bertz CT molecular complexity index is 111. The average Bonchev–Trinajstić information content (AvgIpc) is 1.19. The second-order valence-corrected chi connectivity index (χ2v) is 2.03. The quantitative estimate of drug-likeness (QED) is 0.344. The highest BCUT2D eigenvalue weighted by Gasteiger charge is 2.00. The van der Waals surface area contributed by atoms with Gasteiger partial charge in [0.2, 0.25) is 0 Å². The molecular weight excluding hydrogens is 151 g/mol. The summed E-state index contributed by atoms with van der Waals surface area (Å²) >= 11 is 0. The second-order valence-electron chi connectivity index (χ2n) is 1.00. The van der Waals surface area contributed by atoms with Crippen LogP contribution in [0.4, 0.5) is 0 Å². The van der Waals surface area contributed by atoms with Crippen molar-refractivity contribution in [2.45, 2.75) is 6.92 Å². The van der Waals surface area contributed by atoms with Crippen LogP contribution in [0.2, 0.25) is 0 Å². The first kappa shape index (κ1) is 11.4. The summed E-state index contributed by atoms with van der Waals surface area (Å²) in [6.07, 6.45) is 0. The summed E-state index contributed by atoms with van der Waals surface area (Å²) in [7, 11) is -4.64. The summed E-state index contributed by atoms with van der Waals surface area (Å²) in [5.74, 6) is -1.08. The topological polar surface area (TPSA) is 118 Å². The van der Waals surface area contributed by atoms with E-state index < -0.39 is 13.8 Å². The van der Waals surface area contributed by atoms with Gasteiger partial charge in [0.1, 0.15) is 0 Å². The van der Waals surface area contributed by atoms with Crippen molar-refractivity contribution in [2.24, 2.45) is 0 Å². The highest BCUT2D eigenvalue weighted by Crippen LogP contribution is 2.25. The van der Waals surface area contributed by atoms with Crippen LogP contribution in [-0.2, 0) is 9.36 Å². The molecule has 0 atom stereocenters. The number of carboxylic acids is 1. The Morgan fingerprint density at radius 3 is 1.44 bits per heavy atom. The zero-order valence-electron chi connectivity index (χ0n) is 4.51. The lowest BCUT2D eigenvalue weighted by Gasteiger charge is -1.82. The van der Waals surface area contributed by atoms with Crippen LogP contribution < -0.4 is 5.11 Å². The normalized spacial score (nSPS) is 9.33. The van der Waals surface area contributed by atoms with E-state index in [2.05, 4.69) is 0 Å². The fourth-order valence-electron chi connectivity index (χ4n) is 0. The Hall–Kier alpha value is -0.420. The highest BCUT2D eigenvalue weighted by molar-refractivity contribution is 7.45. The van der Waals surface area contributed by atoms with Gasteiger partial charge < -0.3 is 24.6 Å². The monoisotopic (exact) mass is 157 g/mol. The van der Waals surface area contributed by atoms with Gasteiger partial charge in [0.15, 0.2) is 0 Å². The Kier molecular flexibility index (Phi) is 5.64. The van der Waals surface area contributed by atoms with Crippen LogP contribution in [0.1, 0.15) is 6.92 Å². The van der Waals surface area contributed by atoms with Gasteiger partial charge in [-0.2, -0.15) is 0 Å². The first-order valence-corrected chi connectivity index (χ1v) is 3.26. The molecule has 0 spiro atoms. The molecule has 0 saturated carbocycles. The van der Waals surface area contributed by atoms with Crippen molar-refractivity contribution in [1.29, 1.82) is 0 Å². The molecule has 0 aromatic rings. The van der Waals surface area contributed by atoms with E-state index in [0.29, 0.717) is 0 Å². The first-order valence-electron chi connectivity index (χ1n) is 1.69. The molecule has 0 rings (SSSR count). The molecule has 0 unspecified atom stereocenters. The predicted octanol–water partition coefficient (Wildman–Crippen LogP) is -2.17. The van der Waals surface area contributed by atoms with Gasteiger partial charge in [-0.05, 0) is 6.92 Å². The van der Waals surface area contributed by atoms with Gasteiger partial charge in [-0.15, -0.1) is 0 Å². The minimum absolute atomic E-state index is 0.972. The Labute approximate surface area is 51.0 Å². The van der Waals surface area contributed by atoms with Gasteiger partial charge in [0.25, 0.3) is 0 Å². The van der Waals surface area contributed by atoms with Gasteiger partial charge in [0.05, 0.1) is 0 Å². The summed E-state index contributed by atoms with van der Waals surface area (Å²) in [5, 5.41) is 8.89. The van der Waals surface area contributed by atoms with Crippen LogP contribution in [0.15, 0.2) is 0 Å². The molecule has 0 saturated heterocycles. The number of carbonyl (C=O) groups is 1. The van der Waals surface area contributed by atoms with E-state index in [9.17, 15) is 0 Å². The lowest BCUT2D eigenvalue weighted by atomic mass is 10.9. The largest absolute Gasteiger partial charge is 0.550 e. The number of phosphoric acid groups is 1. The maximum atomic E-state index is 8.89. The molecule has 0 aliphatic heterocycles. The first-order chi connectivity index (χ1) is 3.73. The molecule has 3 N–H and O–H groups in total. The predicted molar refractivity (Wildman–Crippen MR) is 24.9 cm³/mol. The fourth-order valence-corrected chi connectivity index (χ4v) is 0. The lowest BCUT2D eigenvalue weighted by molar-refractivity contribution is -0.302. The van der Waals surface area contributed by atoms with E-state index in [-0.39, 0.29) is 0 Å². The van der Waals surface area contributed by atoms with Crippen LogP contribution in [0, 0.1) is 0 Å². The van der Waals surface area contributed by atoms with Crippen molar-refractivity contribution in [2.75, 3.05) is 0 Å². The molecular formula is C2H6O6P-. The van der Waals surface area contributed by atoms with E-state index in [1.165, 1.54) is 0 Å². The van der Waals surface area contributed by atoms with Gasteiger partial charge >= 0.3 is 7.82 Å². The zero-order valence-corrected chi connectivity index (χ0v) is 5.41. The summed E-state index contributed by atoms with van der Waals surface area (Å²) < 4.78 is 8.88. The zero-order chi connectivity index (χ0) is 8.08. The van der Waals surface area contributed by atoms with E-state index in [1.54, 1.807) is 0 Å². The summed E-state index contributed by atoms with van der Waals surface area (Å²) in [4.78, 5) is 30.5. The summed E-state index contributed by atoms with van der Waals surface area (Å²) in [6, 6.07) is 0. The van der Waals surface area contributed by atoms with Crippen molar-refractivity contribution in [1.82, 2.24) is 0 Å². The van der Waals surface area contributed by atoms with Crippen molar-refractivity contribution < 1.29 is 29.1 Å². The van der Waals surface area contributed by atoms with Crippen molar-refractivity contribution >= 4 is 13.8 Å². The molecule has 0 aromatic heterocycles. The van der Waals surface area contributed by atoms with Crippen molar-refractivity contribution in [3.63, 3.8) is 0 Å². The van der Waals surface area contributed by atoms with Crippen LogP contribution >= 0.6 is 7.82 Å². The molecule has 7 heteroatoms. The molecule has 56 valence electrons. The maximum absolute atomic E-state index is 8.89. The molecule has 0 bridgehead atoms. The number of carboxylic acid groups (broad SMARTS) is 1. The van der Waals surface area contributed by atoms with Crippen LogP contribution in [0.25, 0.3) is 0 Å². The molecule has 0 aliphatic carbocycles. The number of rotatable bonds is 0. The van der Waals surface area contributed by atoms with E-state index in [1.807, 2.05) is 0 Å². The fraction of sp³-hybridized carbons (Fsp3) is 0.500. The van der Waals surface area contributed by atoms with E-state index in [4.69, 9.17) is 29.1 Å². The summed E-state index contributed by atoms with van der Waals surface area (Å²) in [6.45, 7) is 0.972. The number of hydrogen-bond donors (Lipinski definition) is 3. The van der Waals surface area contributed by atoms with Crippen molar-refractivity contribution in [3.05, 3.63) is 0 Å². The van der Waals surface area contributed by atoms with Crippen LogP contribution in [0.3, 0.4) is 0 Å². The smallest absolute Gasteiger partial charge is 0.466 e. The highest BCUT2D eigenvalue weighted by atomic mass is 31.2. The maximum Gasteiger partial charge on any atom is 0.466 e. The molecule has 0 fully saturated rings. The van der Waals surface area contributed by atoms with Crippen molar-refractivity contribution in [3.8, 4) is 0 Å². The molecule has 9 heavy (non-hydrogen) atoms. The molecule has 0 aliphatic rings. The van der Waals surface area contributed by atoms with Crippen LogP contribution in [0.5, 0.6) is 0 Å². The third-order valence-corrected chi connectivity index (χ3v) is 0. The van der Waals surface area contributed by atoms with Gasteiger partial charge in [-0.1, -0.05) is 0 Å². The SMILES string of the molecule is CC(=O)[O-].O=P(O)(O)O. The minimum Gasteiger partial charge on any atom is -0.550 e.